The lowest BCUT2D eigenvalue weighted by molar-refractivity contribution is 0.111. The molecule has 0 radical (unpaired) electrons. The molecule has 1 aromatic heterocycles. The standard InChI is InChI=1S/C4H3NOS.C2H6.CH3I/c6-1-4-2-7-3-5-4;2*1-2/h1-3H;1-2H3;1H3. The van der Waals surface area contributed by atoms with Crippen molar-refractivity contribution in [3.63, 3.8) is 0 Å². The molecule has 0 N–H and O–H groups in total. The van der Waals surface area contributed by atoms with Crippen LogP contribution in [0.15, 0.2) is 10.9 Å². The van der Waals surface area contributed by atoms with Crippen molar-refractivity contribution in [2.45, 2.75) is 13.8 Å². The molecule has 4 heteroatoms. The van der Waals surface area contributed by atoms with Crippen LogP contribution in [0.5, 0.6) is 0 Å². The van der Waals surface area contributed by atoms with Crippen LogP contribution in [0.3, 0.4) is 0 Å². The van der Waals surface area contributed by atoms with Gasteiger partial charge in [-0.3, -0.25) is 4.79 Å². The SMILES string of the molecule is CC.CI.O=Cc1cscn1. The number of alkyl halides is 1. The highest BCUT2D eigenvalue weighted by Crippen LogP contribution is 1.95. The van der Waals surface area contributed by atoms with E-state index in [2.05, 4.69) is 27.6 Å². The minimum Gasteiger partial charge on any atom is -0.296 e. The number of carbonyl (C=O) groups is 1. The second-order valence-corrected chi connectivity index (χ2v) is 1.75. The van der Waals surface area contributed by atoms with E-state index < -0.39 is 0 Å². The Morgan fingerprint density at radius 2 is 2.09 bits per heavy atom. The predicted molar refractivity (Wildman–Crippen MR) is 58.8 cm³/mol. The largest absolute Gasteiger partial charge is 0.296 e. The predicted octanol–water partition coefficient (Wildman–Crippen LogP) is 3.03. The Labute approximate surface area is 85.2 Å². The molecular weight excluding hydrogens is 273 g/mol. The lowest BCUT2D eigenvalue weighted by Gasteiger charge is -1.65. The molecule has 64 valence electrons. The van der Waals surface area contributed by atoms with Crippen molar-refractivity contribution in [3.05, 3.63) is 16.6 Å². The van der Waals surface area contributed by atoms with Gasteiger partial charge in [0.15, 0.2) is 6.29 Å². The first-order chi connectivity index (χ1) is 5.43. The molecule has 0 fully saturated rings. The van der Waals surface area contributed by atoms with E-state index in [0.717, 1.165) is 6.29 Å². The van der Waals surface area contributed by atoms with Gasteiger partial charge in [-0.15, -0.1) is 11.3 Å². The molecule has 1 rings (SSSR count). The smallest absolute Gasteiger partial charge is 0.169 e. The van der Waals surface area contributed by atoms with E-state index in [1.54, 1.807) is 10.9 Å². The number of hydrogen-bond acceptors (Lipinski definition) is 3. The minimum atomic E-state index is 0.519. The quantitative estimate of drug-likeness (QED) is 0.451. The Hall–Kier alpha value is 0.0300. The number of thiazole rings is 1. The Balaban J connectivity index is 0. The highest BCUT2D eigenvalue weighted by molar-refractivity contribution is 14.1. The summed E-state index contributed by atoms with van der Waals surface area (Å²) in [6.45, 7) is 4.00. The number of aromatic nitrogens is 1. The molecule has 0 unspecified atom stereocenters. The molecule has 0 aliphatic carbocycles. The molecule has 0 amide bonds. The molecule has 0 bridgehead atoms. The van der Waals surface area contributed by atoms with Gasteiger partial charge in [0.2, 0.25) is 0 Å². The summed E-state index contributed by atoms with van der Waals surface area (Å²) in [5.41, 5.74) is 2.15. The fourth-order valence-corrected chi connectivity index (χ4v) is 0.779. The maximum atomic E-state index is 9.81. The molecule has 0 aliphatic heterocycles. The number of nitrogens with zero attached hydrogens (tertiary/aromatic N) is 1. The highest BCUT2D eigenvalue weighted by Gasteiger charge is 1.84. The summed E-state index contributed by atoms with van der Waals surface area (Å²) in [5.74, 6) is 0. The maximum absolute atomic E-state index is 9.81. The van der Waals surface area contributed by atoms with Crippen LogP contribution >= 0.6 is 33.9 Å². The van der Waals surface area contributed by atoms with E-state index in [4.69, 9.17) is 0 Å². The van der Waals surface area contributed by atoms with Crippen LogP contribution < -0.4 is 0 Å². The Morgan fingerprint density at radius 3 is 2.27 bits per heavy atom. The summed E-state index contributed by atoms with van der Waals surface area (Å²) in [6, 6.07) is 0. The van der Waals surface area contributed by atoms with Gasteiger partial charge in [0, 0.05) is 5.38 Å². The molecule has 0 spiro atoms. The normalized spacial score (nSPS) is 6.55. The van der Waals surface area contributed by atoms with Gasteiger partial charge in [0.05, 0.1) is 5.51 Å². The fourth-order valence-electron chi connectivity index (χ4n) is 0.280. The van der Waals surface area contributed by atoms with Crippen LogP contribution in [0.1, 0.15) is 24.3 Å². The van der Waals surface area contributed by atoms with Crippen molar-refractivity contribution < 1.29 is 4.79 Å². The first-order valence-electron chi connectivity index (χ1n) is 3.14. The molecule has 0 saturated carbocycles. The minimum absolute atomic E-state index is 0.519. The van der Waals surface area contributed by atoms with Crippen LogP contribution in [-0.4, -0.2) is 16.2 Å². The molecule has 0 atom stereocenters. The molecule has 0 aromatic carbocycles. The van der Waals surface area contributed by atoms with Gasteiger partial charge >= 0.3 is 0 Å². The third kappa shape index (κ3) is 7.93. The zero-order chi connectivity index (χ0) is 9.11. The zero-order valence-corrected chi connectivity index (χ0v) is 9.85. The molecule has 0 saturated heterocycles. The molecule has 2 nitrogen and oxygen atoms in total. The first kappa shape index (κ1) is 13.6. The van der Waals surface area contributed by atoms with Crippen molar-refractivity contribution in [1.82, 2.24) is 4.98 Å². The molecule has 0 aliphatic rings. The van der Waals surface area contributed by atoms with Crippen LogP contribution in [-0.2, 0) is 0 Å². The summed E-state index contributed by atoms with van der Waals surface area (Å²) in [5, 5.41) is 1.70. The van der Waals surface area contributed by atoms with Crippen molar-refractivity contribution in [2.75, 3.05) is 4.93 Å². The van der Waals surface area contributed by atoms with Crippen molar-refractivity contribution in [3.8, 4) is 0 Å². The maximum Gasteiger partial charge on any atom is 0.169 e. The van der Waals surface area contributed by atoms with Crippen molar-refractivity contribution in [1.29, 1.82) is 0 Å². The molecular formula is C7H12INOS. The topological polar surface area (TPSA) is 30.0 Å². The number of hydrogen-bond donors (Lipinski definition) is 0. The van der Waals surface area contributed by atoms with E-state index in [9.17, 15) is 4.79 Å². The van der Waals surface area contributed by atoms with E-state index in [-0.39, 0.29) is 0 Å². The van der Waals surface area contributed by atoms with Gasteiger partial charge in [-0.2, -0.15) is 0 Å². The van der Waals surface area contributed by atoms with E-state index in [0.29, 0.717) is 5.69 Å². The number of halogens is 1. The summed E-state index contributed by atoms with van der Waals surface area (Å²) < 4.78 is 0. The second-order valence-electron chi connectivity index (χ2n) is 1.03. The third-order valence-electron chi connectivity index (χ3n) is 0.572. The monoisotopic (exact) mass is 285 g/mol. The number of aldehydes is 1. The molecule has 1 aromatic rings. The van der Waals surface area contributed by atoms with Crippen molar-refractivity contribution in [2.24, 2.45) is 0 Å². The lowest BCUT2D eigenvalue weighted by Crippen LogP contribution is -1.72. The van der Waals surface area contributed by atoms with Gasteiger partial charge in [-0.1, -0.05) is 36.4 Å². The average Bonchev–Trinajstić information content (AvgIpc) is 2.63. The average molecular weight is 285 g/mol. The summed E-state index contributed by atoms with van der Waals surface area (Å²) in [4.78, 5) is 15.5. The summed E-state index contributed by atoms with van der Waals surface area (Å²) in [7, 11) is 0. The highest BCUT2D eigenvalue weighted by atomic mass is 127. The summed E-state index contributed by atoms with van der Waals surface area (Å²) in [6.07, 6.45) is 0.733. The Kier molecular flexibility index (Phi) is 15.7. The first-order valence-corrected chi connectivity index (χ1v) is 6.24. The van der Waals surface area contributed by atoms with Gasteiger partial charge in [0.25, 0.3) is 0 Å². The van der Waals surface area contributed by atoms with E-state index >= 15 is 0 Å². The molecule has 1 heterocycles. The summed E-state index contributed by atoms with van der Waals surface area (Å²) >= 11 is 3.57. The van der Waals surface area contributed by atoms with Crippen molar-refractivity contribution >= 4 is 40.2 Å². The number of rotatable bonds is 1. The Bertz CT molecular complexity index is 153. The Morgan fingerprint density at radius 1 is 1.55 bits per heavy atom. The van der Waals surface area contributed by atoms with Gasteiger partial charge < -0.3 is 0 Å². The second kappa shape index (κ2) is 12.7. The third-order valence-corrected chi connectivity index (χ3v) is 1.18. The van der Waals surface area contributed by atoms with Gasteiger partial charge in [-0.25, -0.2) is 4.98 Å². The van der Waals surface area contributed by atoms with E-state index in [1.807, 2.05) is 18.8 Å². The fraction of sp³-hybridized carbons (Fsp3) is 0.429. The van der Waals surface area contributed by atoms with E-state index in [1.165, 1.54) is 11.3 Å². The van der Waals surface area contributed by atoms with Crippen LogP contribution in [0.2, 0.25) is 0 Å². The van der Waals surface area contributed by atoms with Crippen LogP contribution in [0, 0.1) is 0 Å². The van der Waals surface area contributed by atoms with Gasteiger partial charge in [0.1, 0.15) is 5.69 Å². The lowest BCUT2D eigenvalue weighted by atomic mass is 10.6. The molecule has 11 heavy (non-hydrogen) atoms. The zero-order valence-electron chi connectivity index (χ0n) is 6.87. The van der Waals surface area contributed by atoms with Crippen LogP contribution in [0.25, 0.3) is 0 Å². The number of carbonyl (C=O) groups excluding carboxylic acids is 1. The van der Waals surface area contributed by atoms with Gasteiger partial charge in [-0.05, 0) is 4.93 Å². The van der Waals surface area contributed by atoms with Crippen LogP contribution in [0.4, 0.5) is 0 Å².